The highest BCUT2D eigenvalue weighted by Crippen LogP contribution is 2.48. The van der Waals surface area contributed by atoms with Gasteiger partial charge in [-0.05, 0) is 10.1 Å². The summed E-state index contributed by atoms with van der Waals surface area (Å²) in [5, 5.41) is 6.85. The molecule has 1 aliphatic rings. The molecule has 1 heterocycles. The van der Waals surface area contributed by atoms with Gasteiger partial charge in [0.05, 0.1) is 0 Å². The Morgan fingerprint density at radius 2 is 1.44 bits per heavy atom. The Bertz CT molecular complexity index is 102. The zero-order valence-corrected chi connectivity index (χ0v) is 5.24. The second-order valence-corrected chi connectivity index (χ2v) is 1.99. The third kappa shape index (κ3) is 3.51. The van der Waals surface area contributed by atoms with E-state index in [-0.39, 0.29) is 12.3 Å². The van der Waals surface area contributed by atoms with Crippen molar-refractivity contribution in [2.24, 2.45) is 0 Å². The molecule has 1 fully saturated rings. The molecule has 0 aromatic carbocycles. The van der Waals surface area contributed by atoms with Crippen molar-refractivity contribution in [3.05, 3.63) is 0 Å². The largest absolute Gasteiger partial charge is 0.531 e. The number of hydrogen-bond donors (Lipinski definition) is 3. The summed E-state index contributed by atoms with van der Waals surface area (Å²) in [7, 11) is -3.99. The summed E-state index contributed by atoms with van der Waals surface area (Å²) in [6, 6.07) is 0. The molecule has 9 heteroatoms. The highest BCUT2D eigenvalue weighted by Gasteiger charge is 2.32. The van der Waals surface area contributed by atoms with Gasteiger partial charge < -0.3 is 12.3 Å². The molecule has 0 bridgehead atoms. The van der Waals surface area contributed by atoms with Crippen molar-refractivity contribution in [1.82, 2.24) is 12.3 Å². The molecule has 1 saturated heterocycles. The maximum atomic E-state index is 9.88. The number of phosphoric acid groups is 1. The minimum atomic E-state index is -3.99. The van der Waals surface area contributed by atoms with Gasteiger partial charge >= 0.3 is 7.82 Å². The maximum Gasteiger partial charge on any atom is 0.531 e. The van der Waals surface area contributed by atoms with Crippen LogP contribution in [0.25, 0.3) is 0 Å². The summed E-state index contributed by atoms with van der Waals surface area (Å²) in [6.07, 6.45) is 0. The van der Waals surface area contributed by atoms with Crippen molar-refractivity contribution in [2.75, 3.05) is 0 Å². The second kappa shape index (κ2) is 3.88. The first-order chi connectivity index (χ1) is 3.21. The number of hydrogen-bond acceptors (Lipinski definition) is 7. The summed E-state index contributed by atoms with van der Waals surface area (Å²) >= 11 is 0. The Labute approximate surface area is 50.2 Å². The van der Waals surface area contributed by atoms with E-state index in [0.717, 1.165) is 0 Å². The second-order valence-electron chi connectivity index (χ2n) is 0.754. The van der Waals surface area contributed by atoms with E-state index in [2.05, 4.69) is 19.4 Å². The van der Waals surface area contributed by atoms with Crippen molar-refractivity contribution in [1.29, 1.82) is 0 Å². The third-order valence-electron chi connectivity index (χ3n) is 0.277. The van der Waals surface area contributed by atoms with Crippen LogP contribution in [0.15, 0.2) is 0 Å². The zero-order chi connectivity index (χ0) is 5.33. The van der Waals surface area contributed by atoms with Gasteiger partial charge in [-0.3, -0.25) is 4.89 Å². The first-order valence-electron chi connectivity index (χ1n) is 1.25. The van der Waals surface area contributed by atoms with Crippen molar-refractivity contribution < 1.29 is 28.9 Å². The highest BCUT2D eigenvalue weighted by molar-refractivity contribution is 7.47. The molecular weight excluding hydrogens is 155 g/mol. The van der Waals surface area contributed by atoms with Gasteiger partial charge in [-0.1, -0.05) is 9.35 Å². The van der Waals surface area contributed by atoms with Crippen LogP contribution >= 0.6 is 7.82 Å². The van der Waals surface area contributed by atoms with E-state index in [9.17, 15) is 4.57 Å². The van der Waals surface area contributed by atoms with Crippen LogP contribution in [0, 0.1) is 0 Å². The van der Waals surface area contributed by atoms with Crippen LogP contribution in [0.4, 0.5) is 0 Å². The van der Waals surface area contributed by atoms with Gasteiger partial charge in [0.1, 0.15) is 0 Å². The van der Waals surface area contributed by atoms with Crippen molar-refractivity contribution in [2.45, 2.75) is 0 Å². The molecular formula is H7N2O6P. The van der Waals surface area contributed by atoms with Crippen LogP contribution in [-0.2, 0) is 24.0 Å². The Hall–Kier alpha value is -0.0500. The lowest BCUT2D eigenvalue weighted by Gasteiger charge is -1.85. The molecule has 9 heavy (non-hydrogen) atoms. The Kier molecular flexibility index (Phi) is 5.05. The summed E-state index contributed by atoms with van der Waals surface area (Å²) in [5.41, 5.74) is 0. The summed E-state index contributed by atoms with van der Waals surface area (Å²) in [5.74, 6) is 0. The van der Waals surface area contributed by atoms with E-state index in [1.807, 2.05) is 0 Å². The van der Waals surface area contributed by atoms with E-state index in [0.29, 0.717) is 0 Å². The summed E-state index contributed by atoms with van der Waals surface area (Å²) in [6.45, 7) is 0. The van der Waals surface area contributed by atoms with E-state index >= 15 is 0 Å². The molecule has 1 rings (SSSR count). The average Bonchev–Trinajstić information content (AvgIpc) is 1.84. The van der Waals surface area contributed by atoms with Crippen LogP contribution in [0.3, 0.4) is 0 Å². The predicted molar refractivity (Wildman–Crippen MR) is 24.2 cm³/mol. The van der Waals surface area contributed by atoms with Crippen LogP contribution in [0.2, 0.25) is 0 Å². The van der Waals surface area contributed by atoms with Crippen molar-refractivity contribution in [3.8, 4) is 0 Å². The maximum absolute atomic E-state index is 9.88. The molecule has 0 aromatic rings. The Morgan fingerprint density at radius 1 is 1.11 bits per heavy atom. The van der Waals surface area contributed by atoms with E-state index in [1.165, 1.54) is 0 Å². The first-order valence-corrected chi connectivity index (χ1v) is 2.74. The van der Waals surface area contributed by atoms with Gasteiger partial charge in [-0.2, -0.15) is 0 Å². The van der Waals surface area contributed by atoms with Crippen molar-refractivity contribution in [3.63, 3.8) is 0 Å². The van der Waals surface area contributed by atoms with E-state index in [1.54, 1.807) is 0 Å². The highest BCUT2D eigenvalue weighted by atomic mass is 31.2. The summed E-state index contributed by atoms with van der Waals surface area (Å²) in [4.78, 5) is 8.06. The van der Waals surface area contributed by atoms with E-state index in [4.69, 9.17) is 4.89 Å². The lowest BCUT2D eigenvalue weighted by atomic mass is 14.0. The predicted octanol–water partition coefficient (Wildman–Crippen LogP) is 0.236. The standard InChI is InChI=1S/2H3N.HO6P/c;;1-7(2)5-3-4-6-7/h2*1H3;(H,1,2). The molecule has 0 radical (unpaired) electrons. The molecule has 8 nitrogen and oxygen atoms in total. The smallest absolute Gasteiger partial charge is 0.344 e. The fourth-order valence-corrected chi connectivity index (χ4v) is 0.343. The minimum absolute atomic E-state index is 0. The van der Waals surface area contributed by atoms with Gasteiger partial charge in [0.25, 0.3) is 0 Å². The fourth-order valence-electron chi connectivity index (χ4n) is 0.114. The molecule has 0 spiro atoms. The molecule has 0 saturated carbocycles. The minimum Gasteiger partial charge on any atom is -0.344 e. The molecule has 0 unspecified atom stereocenters. The van der Waals surface area contributed by atoms with E-state index < -0.39 is 7.82 Å². The fraction of sp³-hybridized carbons (Fsp3) is 0. The molecule has 0 amide bonds. The van der Waals surface area contributed by atoms with Crippen LogP contribution < -0.4 is 12.3 Å². The normalized spacial score (nSPS) is 21.9. The monoisotopic (exact) mass is 162 g/mol. The van der Waals surface area contributed by atoms with Gasteiger partial charge in [0.15, 0.2) is 0 Å². The Balaban J connectivity index is 0. The lowest BCUT2D eigenvalue weighted by Crippen LogP contribution is -1.72. The quantitative estimate of drug-likeness (QED) is 0.339. The van der Waals surface area contributed by atoms with Gasteiger partial charge in [-0.15, -0.1) is 0 Å². The summed E-state index contributed by atoms with van der Waals surface area (Å²) < 4.78 is 16.9. The van der Waals surface area contributed by atoms with Crippen LogP contribution in [0.1, 0.15) is 0 Å². The van der Waals surface area contributed by atoms with Gasteiger partial charge in [0, 0.05) is 0 Å². The average molecular weight is 162 g/mol. The van der Waals surface area contributed by atoms with Crippen LogP contribution in [0.5, 0.6) is 0 Å². The molecule has 0 atom stereocenters. The van der Waals surface area contributed by atoms with Gasteiger partial charge in [0.2, 0.25) is 0 Å². The molecule has 0 aliphatic carbocycles. The van der Waals surface area contributed by atoms with Crippen molar-refractivity contribution >= 4 is 7.82 Å². The SMILES string of the molecule is N.N.O=P1(O)OOOO1. The molecule has 58 valence electrons. The van der Waals surface area contributed by atoms with Crippen LogP contribution in [-0.4, -0.2) is 4.89 Å². The zero-order valence-electron chi connectivity index (χ0n) is 4.35. The third-order valence-corrected chi connectivity index (χ3v) is 0.776. The lowest BCUT2D eigenvalue weighted by molar-refractivity contribution is -0.532. The first kappa shape index (κ1) is 11.7. The topological polar surface area (TPSA) is 144 Å². The molecule has 0 aromatic heterocycles. The Morgan fingerprint density at radius 3 is 1.56 bits per heavy atom. The molecule has 1 aliphatic heterocycles. The van der Waals surface area contributed by atoms with Gasteiger partial charge in [-0.25, -0.2) is 4.57 Å². The number of rotatable bonds is 0. The molecule has 7 N–H and O–H groups in total.